The SMILES string of the molecule is COc1cc(-n2cccn2)ccc1-n1ccc(=O)c(-c2c(C)cnn2-c2cccc(O)c2)n1. The van der Waals surface area contributed by atoms with Crippen molar-refractivity contribution in [3.8, 4) is 39.9 Å². The molecule has 2 aromatic carbocycles. The fourth-order valence-electron chi connectivity index (χ4n) is 3.66. The summed E-state index contributed by atoms with van der Waals surface area (Å²) in [5.74, 6) is 0.676. The minimum absolute atomic E-state index is 0.104. The summed E-state index contributed by atoms with van der Waals surface area (Å²) in [7, 11) is 1.58. The number of benzene rings is 2. The first-order valence-corrected chi connectivity index (χ1v) is 10.2. The molecule has 3 aromatic heterocycles. The van der Waals surface area contributed by atoms with Gasteiger partial charge in [0.05, 0.1) is 24.7 Å². The maximum Gasteiger partial charge on any atom is 0.209 e. The lowest BCUT2D eigenvalue weighted by Crippen LogP contribution is -2.16. The third-order valence-corrected chi connectivity index (χ3v) is 5.24. The van der Waals surface area contributed by atoms with E-state index in [4.69, 9.17) is 4.74 Å². The second-order valence-corrected chi connectivity index (χ2v) is 7.39. The fraction of sp³-hybridized carbons (Fsp3) is 0.0833. The second kappa shape index (κ2) is 8.12. The number of ether oxygens (including phenoxy) is 1. The van der Waals surface area contributed by atoms with E-state index < -0.39 is 0 Å². The summed E-state index contributed by atoms with van der Waals surface area (Å²) >= 11 is 0. The normalized spacial score (nSPS) is 11.0. The Balaban J connectivity index is 1.64. The molecule has 0 unspecified atom stereocenters. The molecule has 0 spiro atoms. The van der Waals surface area contributed by atoms with E-state index >= 15 is 0 Å². The Kier molecular flexibility index (Phi) is 4.98. The molecule has 0 amide bonds. The summed E-state index contributed by atoms with van der Waals surface area (Å²) in [6.07, 6.45) is 6.81. The highest BCUT2D eigenvalue weighted by molar-refractivity contribution is 5.62. The molecule has 33 heavy (non-hydrogen) atoms. The highest BCUT2D eigenvalue weighted by atomic mass is 16.5. The van der Waals surface area contributed by atoms with Crippen LogP contribution in [0.25, 0.3) is 28.5 Å². The third kappa shape index (κ3) is 3.65. The molecule has 0 saturated carbocycles. The molecular formula is C24H20N6O3. The van der Waals surface area contributed by atoms with E-state index in [0.717, 1.165) is 11.3 Å². The van der Waals surface area contributed by atoms with Crippen LogP contribution in [0.1, 0.15) is 5.56 Å². The van der Waals surface area contributed by atoms with Crippen molar-refractivity contribution in [2.45, 2.75) is 6.92 Å². The number of rotatable bonds is 5. The van der Waals surface area contributed by atoms with Crippen molar-refractivity contribution in [3.05, 3.63) is 95.2 Å². The largest absolute Gasteiger partial charge is 0.508 e. The smallest absolute Gasteiger partial charge is 0.209 e. The average Bonchev–Trinajstić information content (AvgIpc) is 3.49. The minimum Gasteiger partial charge on any atom is -0.508 e. The van der Waals surface area contributed by atoms with E-state index in [1.54, 1.807) is 64.0 Å². The molecule has 0 aliphatic rings. The third-order valence-electron chi connectivity index (χ3n) is 5.24. The van der Waals surface area contributed by atoms with Crippen LogP contribution in [0.15, 0.2) is 84.2 Å². The fourth-order valence-corrected chi connectivity index (χ4v) is 3.66. The van der Waals surface area contributed by atoms with Crippen LogP contribution in [0, 0.1) is 6.92 Å². The number of methoxy groups -OCH3 is 1. The lowest BCUT2D eigenvalue weighted by atomic mass is 10.2. The van der Waals surface area contributed by atoms with Gasteiger partial charge in [0.1, 0.15) is 22.9 Å². The molecule has 5 aromatic rings. The van der Waals surface area contributed by atoms with Crippen LogP contribution in [-0.2, 0) is 0 Å². The number of aryl methyl sites for hydroxylation is 1. The first-order chi connectivity index (χ1) is 16.0. The molecule has 0 aliphatic carbocycles. The average molecular weight is 440 g/mol. The molecule has 0 atom stereocenters. The van der Waals surface area contributed by atoms with Gasteiger partial charge in [0.15, 0.2) is 5.69 Å². The van der Waals surface area contributed by atoms with Crippen molar-refractivity contribution in [2.24, 2.45) is 0 Å². The van der Waals surface area contributed by atoms with Crippen LogP contribution in [0.3, 0.4) is 0 Å². The maximum atomic E-state index is 12.9. The van der Waals surface area contributed by atoms with E-state index in [0.29, 0.717) is 22.8 Å². The van der Waals surface area contributed by atoms with Crippen molar-refractivity contribution < 1.29 is 9.84 Å². The van der Waals surface area contributed by atoms with Crippen LogP contribution in [0.5, 0.6) is 11.5 Å². The van der Waals surface area contributed by atoms with Gasteiger partial charge >= 0.3 is 0 Å². The van der Waals surface area contributed by atoms with Crippen LogP contribution in [-0.4, -0.2) is 41.6 Å². The molecule has 0 radical (unpaired) electrons. The van der Waals surface area contributed by atoms with Gasteiger partial charge in [0, 0.05) is 36.8 Å². The van der Waals surface area contributed by atoms with Crippen molar-refractivity contribution in [2.75, 3.05) is 7.11 Å². The highest BCUT2D eigenvalue weighted by Gasteiger charge is 2.18. The van der Waals surface area contributed by atoms with Crippen LogP contribution in [0.2, 0.25) is 0 Å². The Morgan fingerprint density at radius 3 is 2.58 bits per heavy atom. The molecule has 3 heterocycles. The summed E-state index contributed by atoms with van der Waals surface area (Å²) in [5, 5.41) is 23.2. The van der Waals surface area contributed by atoms with E-state index in [-0.39, 0.29) is 16.9 Å². The summed E-state index contributed by atoms with van der Waals surface area (Å²) in [6.45, 7) is 1.86. The Labute approximate surface area is 188 Å². The number of hydrogen-bond acceptors (Lipinski definition) is 6. The number of aromatic hydroxyl groups is 1. The first kappa shape index (κ1) is 20.3. The lowest BCUT2D eigenvalue weighted by Gasteiger charge is -2.14. The molecule has 9 nitrogen and oxygen atoms in total. The summed E-state index contributed by atoms with van der Waals surface area (Å²) < 4.78 is 10.5. The molecule has 0 aliphatic heterocycles. The van der Waals surface area contributed by atoms with Gasteiger partial charge in [-0.1, -0.05) is 6.07 Å². The minimum atomic E-state index is -0.247. The van der Waals surface area contributed by atoms with Crippen molar-refractivity contribution in [1.29, 1.82) is 0 Å². The van der Waals surface area contributed by atoms with Crippen LogP contribution < -0.4 is 10.2 Å². The van der Waals surface area contributed by atoms with Crippen molar-refractivity contribution in [3.63, 3.8) is 0 Å². The molecule has 164 valence electrons. The van der Waals surface area contributed by atoms with E-state index in [1.165, 1.54) is 6.07 Å². The maximum absolute atomic E-state index is 12.9. The molecule has 1 N–H and O–H groups in total. The molecule has 5 rings (SSSR count). The van der Waals surface area contributed by atoms with Crippen molar-refractivity contribution >= 4 is 0 Å². The van der Waals surface area contributed by atoms with Gasteiger partial charge in [-0.3, -0.25) is 4.79 Å². The number of nitrogens with zero attached hydrogens (tertiary/aromatic N) is 6. The van der Waals surface area contributed by atoms with Gasteiger partial charge in [0.2, 0.25) is 5.43 Å². The summed E-state index contributed by atoms with van der Waals surface area (Å²) in [6, 6.07) is 15.6. The van der Waals surface area contributed by atoms with Gasteiger partial charge in [-0.25, -0.2) is 14.0 Å². The van der Waals surface area contributed by atoms with E-state index in [9.17, 15) is 9.90 Å². The van der Waals surface area contributed by atoms with Gasteiger partial charge in [-0.15, -0.1) is 0 Å². The zero-order chi connectivity index (χ0) is 22.9. The zero-order valence-electron chi connectivity index (χ0n) is 18.0. The van der Waals surface area contributed by atoms with E-state index in [2.05, 4.69) is 15.3 Å². The topological polar surface area (TPSA) is 100.0 Å². The molecule has 0 saturated heterocycles. The molecule has 0 fully saturated rings. The van der Waals surface area contributed by atoms with Gasteiger partial charge in [-0.05, 0) is 42.8 Å². The molecule has 0 bridgehead atoms. The predicted octanol–water partition coefficient (Wildman–Crippen LogP) is 3.29. The Morgan fingerprint density at radius 2 is 1.82 bits per heavy atom. The zero-order valence-corrected chi connectivity index (χ0v) is 18.0. The molecule has 9 heteroatoms. The number of hydrogen-bond donors (Lipinski definition) is 1. The second-order valence-electron chi connectivity index (χ2n) is 7.39. The standard InChI is InChI=1S/C24H20N6O3/c1-16-15-26-30(18-5-3-6-19(31)13-18)24(16)23-21(32)9-12-29(27-23)20-8-7-17(14-22(20)33-2)28-11-4-10-25-28/h3-15,31H,1-2H3. The number of aromatic nitrogens is 6. The lowest BCUT2D eigenvalue weighted by molar-refractivity contribution is 0.411. The molecular weight excluding hydrogens is 420 g/mol. The van der Waals surface area contributed by atoms with Crippen LogP contribution in [0.4, 0.5) is 0 Å². The summed E-state index contributed by atoms with van der Waals surface area (Å²) in [5.41, 5.74) is 3.43. The van der Waals surface area contributed by atoms with E-state index in [1.807, 2.05) is 37.4 Å². The highest BCUT2D eigenvalue weighted by Crippen LogP contribution is 2.27. The quantitative estimate of drug-likeness (QED) is 0.450. The summed E-state index contributed by atoms with van der Waals surface area (Å²) in [4.78, 5) is 12.9. The van der Waals surface area contributed by atoms with Gasteiger partial charge < -0.3 is 9.84 Å². The Bertz CT molecular complexity index is 1500. The predicted molar refractivity (Wildman–Crippen MR) is 122 cm³/mol. The Morgan fingerprint density at radius 1 is 0.939 bits per heavy atom. The van der Waals surface area contributed by atoms with Crippen molar-refractivity contribution in [1.82, 2.24) is 29.3 Å². The van der Waals surface area contributed by atoms with Gasteiger partial charge in [0.25, 0.3) is 0 Å². The number of phenolic OH excluding ortho intramolecular Hbond substituents is 1. The first-order valence-electron chi connectivity index (χ1n) is 10.2. The van der Waals surface area contributed by atoms with Gasteiger partial charge in [-0.2, -0.15) is 15.3 Å². The monoisotopic (exact) mass is 440 g/mol. The Hall–Kier alpha value is -4.66. The van der Waals surface area contributed by atoms with Crippen LogP contribution >= 0.6 is 0 Å². The number of phenols is 1.